The third-order valence-electron chi connectivity index (χ3n) is 2.40. The van der Waals surface area contributed by atoms with Gasteiger partial charge in [-0.2, -0.15) is 5.26 Å². The lowest BCUT2D eigenvalue weighted by Crippen LogP contribution is -2.29. The maximum atomic E-state index is 10.6. The predicted molar refractivity (Wildman–Crippen MR) is 66.7 cm³/mol. The summed E-state index contributed by atoms with van der Waals surface area (Å²) in [4.78, 5) is 15.9. The Kier molecular flexibility index (Phi) is 4.40. The Labute approximate surface area is 107 Å². The first-order valence-electron chi connectivity index (χ1n) is 4.87. The van der Waals surface area contributed by atoms with Crippen molar-refractivity contribution < 1.29 is 4.92 Å². The van der Waals surface area contributed by atoms with Gasteiger partial charge in [0.05, 0.1) is 21.9 Å². The second kappa shape index (κ2) is 5.59. The van der Waals surface area contributed by atoms with Crippen LogP contribution in [-0.2, 0) is 0 Å². The van der Waals surface area contributed by atoms with Crippen LogP contribution in [0.2, 0.25) is 0 Å². The molecular weight excluding hydrogens is 288 g/mol. The van der Waals surface area contributed by atoms with Crippen molar-refractivity contribution in [2.75, 3.05) is 11.9 Å². The van der Waals surface area contributed by atoms with Gasteiger partial charge in [-0.25, -0.2) is 4.98 Å². The van der Waals surface area contributed by atoms with Crippen molar-refractivity contribution >= 4 is 27.4 Å². The number of halogens is 1. The van der Waals surface area contributed by atoms with E-state index in [-0.39, 0.29) is 11.7 Å². The van der Waals surface area contributed by atoms with Crippen LogP contribution in [0.4, 0.5) is 11.5 Å². The number of nitriles is 1. The SMILES string of the molecule is CC(CC#N)N(C)c1ncc([N+](=O)[O-])cc1Br. The molecule has 7 heteroatoms. The molecule has 0 amide bonds. The molecule has 6 nitrogen and oxygen atoms in total. The number of hydrogen-bond acceptors (Lipinski definition) is 5. The number of rotatable bonds is 4. The van der Waals surface area contributed by atoms with E-state index < -0.39 is 4.92 Å². The molecule has 1 atom stereocenters. The number of anilines is 1. The summed E-state index contributed by atoms with van der Waals surface area (Å²) in [5, 5.41) is 19.2. The molecule has 1 heterocycles. The van der Waals surface area contributed by atoms with Gasteiger partial charge >= 0.3 is 0 Å². The number of pyridine rings is 1. The summed E-state index contributed by atoms with van der Waals surface area (Å²) < 4.78 is 0.541. The second-order valence-corrected chi connectivity index (χ2v) is 4.43. The van der Waals surface area contributed by atoms with E-state index in [0.29, 0.717) is 16.7 Å². The van der Waals surface area contributed by atoms with Crippen molar-refractivity contribution in [3.05, 3.63) is 26.9 Å². The largest absolute Gasteiger partial charge is 0.355 e. The summed E-state index contributed by atoms with van der Waals surface area (Å²) in [5.41, 5.74) is -0.0676. The molecular formula is C10H11BrN4O2. The summed E-state index contributed by atoms with van der Waals surface area (Å²) in [7, 11) is 1.79. The fourth-order valence-corrected chi connectivity index (χ4v) is 1.87. The lowest BCUT2D eigenvalue weighted by Gasteiger charge is -2.24. The normalized spacial score (nSPS) is 11.6. The van der Waals surface area contributed by atoms with Gasteiger partial charge in [0.2, 0.25) is 0 Å². The van der Waals surface area contributed by atoms with Crippen LogP contribution in [0.25, 0.3) is 0 Å². The fourth-order valence-electron chi connectivity index (χ4n) is 1.26. The topological polar surface area (TPSA) is 83.1 Å². The molecule has 0 aliphatic rings. The molecule has 0 fully saturated rings. The maximum absolute atomic E-state index is 10.6. The third kappa shape index (κ3) is 3.14. The molecule has 1 aromatic rings. The average molecular weight is 299 g/mol. The standard InChI is InChI=1S/C10H11BrN4O2/c1-7(3-4-12)14(2)10-9(11)5-8(6-13-10)15(16)17/h5-7H,3H2,1-2H3. The lowest BCUT2D eigenvalue weighted by atomic mass is 10.2. The summed E-state index contributed by atoms with van der Waals surface area (Å²) in [6, 6.07) is 3.47. The van der Waals surface area contributed by atoms with Gasteiger partial charge in [-0.1, -0.05) is 0 Å². The minimum atomic E-state index is -0.500. The molecule has 0 saturated carbocycles. The van der Waals surface area contributed by atoms with Gasteiger partial charge < -0.3 is 4.90 Å². The van der Waals surface area contributed by atoms with Crippen LogP contribution in [0, 0.1) is 21.4 Å². The van der Waals surface area contributed by atoms with Crippen LogP contribution >= 0.6 is 15.9 Å². The van der Waals surface area contributed by atoms with Crippen molar-refractivity contribution in [2.45, 2.75) is 19.4 Å². The number of nitrogens with zero attached hydrogens (tertiary/aromatic N) is 4. The van der Waals surface area contributed by atoms with Crippen molar-refractivity contribution in [1.29, 1.82) is 5.26 Å². The van der Waals surface area contributed by atoms with Gasteiger partial charge in [-0.3, -0.25) is 10.1 Å². The fraction of sp³-hybridized carbons (Fsp3) is 0.400. The van der Waals surface area contributed by atoms with Crippen LogP contribution in [0.1, 0.15) is 13.3 Å². The minimum Gasteiger partial charge on any atom is -0.355 e. The second-order valence-electron chi connectivity index (χ2n) is 3.58. The summed E-state index contributed by atoms with van der Waals surface area (Å²) in [6.07, 6.45) is 1.57. The van der Waals surface area contributed by atoms with E-state index >= 15 is 0 Å². The quantitative estimate of drug-likeness (QED) is 0.630. The molecule has 90 valence electrons. The zero-order valence-corrected chi connectivity index (χ0v) is 11.0. The molecule has 1 unspecified atom stereocenters. The molecule has 0 radical (unpaired) electrons. The molecule has 0 saturated heterocycles. The molecule has 0 aliphatic heterocycles. The Morgan fingerprint density at radius 2 is 2.41 bits per heavy atom. The van der Waals surface area contributed by atoms with Crippen molar-refractivity contribution in [3.63, 3.8) is 0 Å². The number of aromatic nitrogens is 1. The van der Waals surface area contributed by atoms with Gasteiger partial charge in [-0.15, -0.1) is 0 Å². The van der Waals surface area contributed by atoms with Crippen LogP contribution in [0.5, 0.6) is 0 Å². The van der Waals surface area contributed by atoms with Gasteiger partial charge in [0.15, 0.2) is 0 Å². The molecule has 0 aromatic carbocycles. The number of hydrogen-bond donors (Lipinski definition) is 0. The third-order valence-corrected chi connectivity index (χ3v) is 2.98. The van der Waals surface area contributed by atoms with E-state index in [1.807, 2.05) is 6.92 Å². The van der Waals surface area contributed by atoms with Gasteiger partial charge in [0.25, 0.3) is 5.69 Å². The zero-order valence-electron chi connectivity index (χ0n) is 9.42. The highest BCUT2D eigenvalue weighted by Gasteiger charge is 2.17. The van der Waals surface area contributed by atoms with Crippen molar-refractivity contribution in [3.8, 4) is 6.07 Å². The summed E-state index contributed by atoms with van der Waals surface area (Å²) in [6.45, 7) is 1.89. The molecule has 0 spiro atoms. The highest BCUT2D eigenvalue weighted by Crippen LogP contribution is 2.28. The molecule has 1 aromatic heterocycles. The Balaban J connectivity index is 3.00. The summed E-state index contributed by atoms with van der Waals surface area (Å²) in [5.74, 6) is 0.582. The Bertz CT molecular complexity index is 472. The predicted octanol–water partition coefficient (Wildman–Crippen LogP) is 2.49. The Hall–Kier alpha value is -1.68. The van der Waals surface area contributed by atoms with E-state index in [1.165, 1.54) is 12.3 Å². The van der Waals surface area contributed by atoms with Crippen LogP contribution in [-0.4, -0.2) is 23.0 Å². The van der Waals surface area contributed by atoms with E-state index in [4.69, 9.17) is 5.26 Å². The average Bonchev–Trinajstić information content (AvgIpc) is 2.28. The van der Waals surface area contributed by atoms with Crippen molar-refractivity contribution in [1.82, 2.24) is 4.98 Å². The van der Waals surface area contributed by atoms with E-state index in [1.54, 1.807) is 11.9 Å². The zero-order chi connectivity index (χ0) is 13.0. The maximum Gasteiger partial charge on any atom is 0.288 e. The molecule has 0 aliphatic carbocycles. The van der Waals surface area contributed by atoms with Crippen LogP contribution in [0.3, 0.4) is 0 Å². The first-order chi connectivity index (χ1) is 7.97. The van der Waals surface area contributed by atoms with Gasteiger partial charge in [0.1, 0.15) is 12.0 Å². The van der Waals surface area contributed by atoms with Crippen molar-refractivity contribution in [2.24, 2.45) is 0 Å². The van der Waals surface area contributed by atoms with Gasteiger partial charge in [-0.05, 0) is 22.9 Å². The van der Waals surface area contributed by atoms with Crippen LogP contribution in [0.15, 0.2) is 16.7 Å². The van der Waals surface area contributed by atoms with Crippen LogP contribution < -0.4 is 4.90 Å². The lowest BCUT2D eigenvalue weighted by molar-refractivity contribution is -0.385. The smallest absolute Gasteiger partial charge is 0.288 e. The van der Waals surface area contributed by atoms with E-state index in [9.17, 15) is 10.1 Å². The Morgan fingerprint density at radius 1 is 1.76 bits per heavy atom. The van der Waals surface area contributed by atoms with E-state index in [2.05, 4.69) is 27.0 Å². The van der Waals surface area contributed by atoms with Gasteiger partial charge in [0, 0.05) is 19.2 Å². The summed E-state index contributed by atoms with van der Waals surface area (Å²) >= 11 is 3.24. The first-order valence-corrected chi connectivity index (χ1v) is 5.66. The number of nitro groups is 1. The first kappa shape index (κ1) is 13.4. The minimum absolute atomic E-state index is 0.00902. The van der Waals surface area contributed by atoms with E-state index in [0.717, 1.165) is 0 Å². The highest BCUT2D eigenvalue weighted by atomic mass is 79.9. The monoisotopic (exact) mass is 298 g/mol. The Morgan fingerprint density at radius 3 is 2.88 bits per heavy atom. The molecule has 0 bridgehead atoms. The molecule has 17 heavy (non-hydrogen) atoms. The highest BCUT2D eigenvalue weighted by molar-refractivity contribution is 9.10. The molecule has 1 rings (SSSR count). The molecule has 0 N–H and O–H groups in total.